The molecule has 0 heterocycles. The molecule has 0 saturated carbocycles. The van der Waals surface area contributed by atoms with Crippen LogP contribution in [0.25, 0.3) is 0 Å². The van der Waals surface area contributed by atoms with Gasteiger partial charge in [0.25, 0.3) is 0 Å². The molecule has 0 saturated heterocycles. The lowest BCUT2D eigenvalue weighted by atomic mass is 9.80. The van der Waals surface area contributed by atoms with Gasteiger partial charge in [-0.05, 0) is 18.4 Å². The fourth-order valence-corrected chi connectivity index (χ4v) is 1.60. The molecule has 0 aromatic heterocycles. The lowest BCUT2D eigenvalue weighted by Crippen LogP contribution is -2.35. The molecule has 78 valence electrons. The second kappa shape index (κ2) is 5.13. The Hall–Kier alpha value is -0.860. The molecule has 0 bridgehead atoms. The van der Waals surface area contributed by atoms with E-state index in [-0.39, 0.29) is 12.0 Å². The van der Waals surface area contributed by atoms with Crippen LogP contribution in [0, 0.1) is 5.41 Å². The van der Waals surface area contributed by atoms with Crippen molar-refractivity contribution in [2.75, 3.05) is 13.2 Å². The van der Waals surface area contributed by atoms with Gasteiger partial charge in [0.05, 0.1) is 6.61 Å². The van der Waals surface area contributed by atoms with Crippen LogP contribution in [0.4, 0.5) is 0 Å². The van der Waals surface area contributed by atoms with Crippen molar-refractivity contribution in [1.82, 2.24) is 0 Å². The van der Waals surface area contributed by atoms with E-state index in [2.05, 4.69) is 19.1 Å². The molecule has 1 aromatic carbocycles. The molecule has 2 heteroatoms. The summed E-state index contributed by atoms with van der Waals surface area (Å²) in [5, 5.41) is 9.36. The summed E-state index contributed by atoms with van der Waals surface area (Å²) in [7, 11) is 0. The van der Waals surface area contributed by atoms with Crippen LogP contribution in [0.1, 0.15) is 18.9 Å². The van der Waals surface area contributed by atoms with Gasteiger partial charge in [0, 0.05) is 12.0 Å². The molecule has 0 aliphatic rings. The molecule has 3 N–H and O–H groups in total. The smallest absolute Gasteiger partial charge is 0.0502 e. The second-order valence-corrected chi connectivity index (χ2v) is 3.88. The Morgan fingerprint density at radius 1 is 1.29 bits per heavy atom. The molecule has 0 radical (unpaired) electrons. The van der Waals surface area contributed by atoms with Crippen molar-refractivity contribution in [3.05, 3.63) is 35.9 Å². The molecule has 0 aliphatic carbocycles. The number of aliphatic hydroxyl groups is 1. The third-order valence-electron chi connectivity index (χ3n) is 2.94. The zero-order valence-corrected chi connectivity index (χ0v) is 8.74. The van der Waals surface area contributed by atoms with Crippen molar-refractivity contribution in [3.8, 4) is 0 Å². The van der Waals surface area contributed by atoms with Gasteiger partial charge in [-0.15, -0.1) is 0 Å². The lowest BCUT2D eigenvalue weighted by molar-refractivity contribution is 0.127. The maximum atomic E-state index is 9.36. The average Bonchev–Trinajstić information content (AvgIpc) is 2.28. The standard InChI is InChI=1S/C12H19NO/c1-2-12(9-13,10-14)8-11-6-4-3-5-7-11/h3-7,14H,2,8-10,13H2,1H3. The third kappa shape index (κ3) is 2.56. The summed E-state index contributed by atoms with van der Waals surface area (Å²) in [5.41, 5.74) is 6.82. The molecule has 1 rings (SSSR count). The van der Waals surface area contributed by atoms with Crippen molar-refractivity contribution < 1.29 is 5.11 Å². The molecule has 0 amide bonds. The van der Waals surface area contributed by atoms with Crippen LogP contribution in [-0.4, -0.2) is 18.3 Å². The number of hydrogen-bond donors (Lipinski definition) is 2. The van der Waals surface area contributed by atoms with E-state index in [1.807, 2.05) is 18.2 Å². The molecule has 1 atom stereocenters. The molecule has 0 spiro atoms. The van der Waals surface area contributed by atoms with Crippen molar-refractivity contribution in [2.24, 2.45) is 11.1 Å². The second-order valence-electron chi connectivity index (χ2n) is 3.88. The first-order valence-corrected chi connectivity index (χ1v) is 5.11. The zero-order chi connectivity index (χ0) is 10.4. The molecule has 0 aliphatic heterocycles. The highest BCUT2D eigenvalue weighted by Gasteiger charge is 2.25. The summed E-state index contributed by atoms with van der Waals surface area (Å²) in [6.07, 6.45) is 1.77. The molecule has 2 nitrogen and oxygen atoms in total. The lowest BCUT2D eigenvalue weighted by Gasteiger charge is -2.29. The first-order chi connectivity index (χ1) is 6.76. The van der Waals surface area contributed by atoms with Gasteiger partial charge in [0.15, 0.2) is 0 Å². The van der Waals surface area contributed by atoms with Crippen LogP contribution in [0.3, 0.4) is 0 Å². The minimum Gasteiger partial charge on any atom is -0.396 e. The van der Waals surface area contributed by atoms with Gasteiger partial charge >= 0.3 is 0 Å². The van der Waals surface area contributed by atoms with Crippen LogP contribution in [0.2, 0.25) is 0 Å². The molecule has 0 fully saturated rings. The van der Waals surface area contributed by atoms with E-state index >= 15 is 0 Å². The Bertz CT molecular complexity index is 246. The van der Waals surface area contributed by atoms with E-state index in [0.29, 0.717) is 6.54 Å². The Labute approximate surface area is 85.8 Å². The van der Waals surface area contributed by atoms with Gasteiger partial charge in [0.1, 0.15) is 0 Å². The van der Waals surface area contributed by atoms with Gasteiger partial charge in [0.2, 0.25) is 0 Å². The minimum atomic E-state index is -0.138. The quantitative estimate of drug-likeness (QED) is 0.745. The highest BCUT2D eigenvalue weighted by molar-refractivity contribution is 5.16. The minimum absolute atomic E-state index is 0.138. The van der Waals surface area contributed by atoms with Gasteiger partial charge in [-0.3, -0.25) is 0 Å². The summed E-state index contributed by atoms with van der Waals surface area (Å²) in [4.78, 5) is 0. The first-order valence-electron chi connectivity index (χ1n) is 5.11. The largest absolute Gasteiger partial charge is 0.396 e. The first kappa shape index (κ1) is 11.2. The molecule has 14 heavy (non-hydrogen) atoms. The van der Waals surface area contributed by atoms with E-state index in [9.17, 15) is 5.11 Å². The van der Waals surface area contributed by atoms with Gasteiger partial charge < -0.3 is 10.8 Å². The van der Waals surface area contributed by atoms with E-state index in [1.54, 1.807) is 0 Å². The fourth-order valence-electron chi connectivity index (χ4n) is 1.60. The van der Waals surface area contributed by atoms with Crippen molar-refractivity contribution in [3.63, 3.8) is 0 Å². The molecule has 1 unspecified atom stereocenters. The Morgan fingerprint density at radius 2 is 1.93 bits per heavy atom. The maximum Gasteiger partial charge on any atom is 0.0502 e. The summed E-state index contributed by atoms with van der Waals surface area (Å²) in [5.74, 6) is 0. The number of nitrogens with two attached hydrogens (primary N) is 1. The van der Waals surface area contributed by atoms with Crippen LogP contribution >= 0.6 is 0 Å². The van der Waals surface area contributed by atoms with Crippen LogP contribution in [-0.2, 0) is 6.42 Å². The monoisotopic (exact) mass is 193 g/mol. The summed E-state index contributed by atoms with van der Waals surface area (Å²) >= 11 is 0. The molecule has 1 aromatic rings. The predicted molar refractivity (Wildman–Crippen MR) is 59.0 cm³/mol. The summed E-state index contributed by atoms with van der Waals surface area (Å²) < 4.78 is 0. The van der Waals surface area contributed by atoms with E-state index in [1.165, 1.54) is 5.56 Å². The van der Waals surface area contributed by atoms with Crippen molar-refractivity contribution in [1.29, 1.82) is 0 Å². The number of aliphatic hydroxyl groups excluding tert-OH is 1. The highest BCUT2D eigenvalue weighted by atomic mass is 16.3. The van der Waals surface area contributed by atoms with Crippen LogP contribution in [0.5, 0.6) is 0 Å². The number of rotatable bonds is 5. The van der Waals surface area contributed by atoms with Crippen LogP contribution in [0.15, 0.2) is 30.3 Å². The van der Waals surface area contributed by atoms with E-state index in [0.717, 1.165) is 12.8 Å². The summed E-state index contributed by atoms with van der Waals surface area (Å²) in [6, 6.07) is 10.2. The highest BCUT2D eigenvalue weighted by Crippen LogP contribution is 2.25. The fraction of sp³-hybridized carbons (Fsp3) is 0.500. The Morgan fingerprint density at radius 3 is 2.36 bits per heavy atom. The molecular weight excluding hydrogens is 174 g/mol. The van der Waals surface area contributed by atoms with Crippen molar-refractivity contribution >= 4 is 0 Å². The Balaban J connectivity index is 2.74. The molecular formula is C12H19NO. The topological polar surface area (TPSA) is 46.2 Å². The van der Waals surface area contributed by atoms with Crippen molar-refractivity contribution in [2.45, 2.75) is 19.8 Å². The van der Waals surface area contributed by atoms with Gasteiger partial charge in [-0.25, -0.2) is 0 Å². The maximum absolute atomic E-state index is 9.36. The normalized spacial score (nSPS) is 15.1. The number of benzene rings is 1. The van der Waals surface area contributed by atoms with Gasteiger partial charge in [-0.2, -0.15) is 0 Å². The van der Waals surface area contributed by atoms with E-state index < -0.39 is 0 Å². The predicted octanol–water partition coefficient (Wildman–Crippen LogP) is 1.58. The van der Waals surface area contributed by atoms with E-state index in [4.69, 9.17) is 5.73 Å². The van der Waals surface area contributed by atoms with Gasteiger partial charge in [-0.1, -0.05) is 37.3 Å². The number of hydrogen-bond acceptors (Lipinski definition) is 2. The Kier molecular flexibility index (Phi) is 4.11. The van der Waals surface area contributed by atoms with Crippen LogP contribution < -0.4 is 5.73 Å². The SMILES string of the molecule is CCC(CN)(CO)Cc1ccccc1. The zero-order valence-electron chi connectivity index (χ0n) is 8.74. The summed E-state index contributed by atoms with van der Waals surface area (Å²) in [6.45, 7) is 2.77. The third-order valence-corrected chi connectivity index (χ3v) is 2.94. The average molecular weight is 193 g/mol.